The molecule has 0 aromatic carbocycles. The molecule has 0 spiro atoms. The molecule has 1 N–H and O–H groups in total. The summed E-state index contributed by atoms with van der Waals surface area (Å²) in [4.78, 5) is 0. The molecule has 0 saturated heterocycles. The van der Waals surface area contributed by atoms with Gasteiger partial charge >= 0.3 is 0 Å². The lowest BCUT2D eigenvalue weighted by atomic mass is 10.4. The van der Waals surface area contributed by atoms with Crippen LogP contribution in [0.25, 0.3) is 0 Å². The Labute approximate surface area is 94.0 Å². The number of hydrogen-bond donors (Lipinski definition) is 1. The van der Waals surface area contributed by atoms with E-state index < -0.39 is 0 Å². The maximum Gasteiger partial charge on any atom is 0.210 e. The van der Waals surface area contributed by atoms with Crippen molar-refractivity contribution in [3.05, 3.63) is 0 Å². The van der Waals surface area contributed by atoms with Crippen molar-refractivity contribution in [3.63, 3.8) is 0 Å². The number of nitrogens with one attached hydrogen (secondary N) is 1. The summed E-state index contributed by atoms with van der Waals surface area (Å²) in [6, 6.07) is 0.475. The molecule has 6 heteroatoms. The molecule has 0 radical (unpaired) electrons. The molecule has 1 heterocycles. The fourth-order valence-corrected chi connectivity index (χ4v) is 1.59. The van der Waals surface area contributed by atoms with Gasteiger partial charge in [0.25, 0.3) is 0 Å². The normalized spacial score (nSPS) is 10.5. The van der Waals surface area contributed by atoms with Crippen LogP contribution in [0.2, 0.25) is 0 Å². The second-order valence-corrected chi connectivity index (χ2v) is 4.23. The standard InChI is InChI=1S/C9H15N5S/c1-4-7-15-9-11-12-13-14(9)6-5-10-8(2)3/h1,8,10H,5-7H2,2-3H3. The third-order valence-corrected chi connectivity index (χ3v) is 2.52. The van der Waals surface area contributed by atoms with Gasteiger partial charge in [0, 0.05) is 12.6 Å². The molecule has 0 amide bonds. The molecule has 0 aliphatic carbocycles. The largest absolute Gasteiger partial charge is 0.313 e. The van der Waals surface area contributed by atoms with Crippen LogP contribution in [0.5, 0.6) is 0 Å². The second kappa shape index (κ2) is 6.43. The highest BCUT2D eigenvalue weighted by Gasteiger charge is 2.05. The van der Waals surface area contributed by atoms with Crippen molar-refractivity contribution in [1.82, 2.24) is 25.5 Å². The zero-order chi connectivity index (χ0) is 11.1. The number of thioether (sulfide) groups is 1. The first-order valence-electron chi connectivity index (χ1n) is 4.80. The lowest BCUT2D eigenvalue weighted by Gasteiger charge is -2.07. The molecule has 0 bridgehead atoms. The number of tetrazole rings is 1. The molecule has 0 unspecified atom stereocenters. The maximum absolute atomic E-state index is 5.17. The van der Waals surface area contributed by atoms with Crippen LogP contribution in [0, 0.1) is 12.3 Å². The minimum Gasteiger partial charge on any atom is -0.313 e. The van der Waals surface area contributed by atoms with Crippen LogP contribution in [0.4, 0.5) is 0 Å². The van der Waals surface area contributed by atoms with Crippen LogP contribution < -0.4 is 5.32 Å². The van der Waals surface area contributed by atoms with E-state index in [0.717, 1.165) is 18.2 Å². The topological polar surface area (TPSA) is 55.6 Å². The Balaban J connectivity index is 2.40. The van der Waals surface area contributed by atoms with E-state index in [1.165, 1.54) is 11.8 Å². The molecule has 0 fully saturated rings. The van der Waals surface area contributed by atoms with Crippen molar-refractivity contribution in [2.45, 2.75) is 31.6 Å². The number of aromatic nitrogens is 4. The van der Waals surface area contributed by atoms with Gasteiger partial charge in [-0.1, -0.05) is 31.5 Å². The monoisotopic (exact) mass is 225 g/mol. The molecule has 82 valence electrons. The maximum atomic E-state index is 5.17. The summed E-state index contributed by atoms with van der Waals surface area (Å²) >= 11 is 1.48. The Kier molecular flexibility index (Phi) is 5.15. The van der Waals surface area contributed by atoms with Gasteiger partial charge in [0.15, 0.2) is 0 Å². The van der Waals surface area contributed by atoms with Gasteiger partial charge in [0.05, 0.1) is 12.3 Å². The van der Waals surface area contributed by atoms with Gasteiger partial charge in [0.2, 0.25) is 5.16 Å². The molecule has 0 aliphatic heterocycles. The van der Waals surface area contributed by atoms with Crippen LogP contribution in [-0.4, -0.2) is 38.5 Å². The SMILES string of the molecule is C#CCSc1nnnn1CCNC(C)C. The first-order valence-corrected chi connectivity index (χ1v) is 5.78. The fourth-order valence-electron chi connectivity index (χ4n) is 1.01. The van der Waals surface area contributed by atoms with Gasteiger partial charge in [-0.25, -0.2) is 4.68 Å². The van der Waals surface area contributed by atoms with E-state index >= 15 is 0 Å². The van der Waals surface area contributed by atoms with E-state index in [-0.39, 0.29) is 0 Å². The van der Waals surface area contributed by atoms with E-state index in [9.17, 15) is 0 Å². The summed E-state index contributed by atoms with van der Waals surface area (Å²) in [5.41, 5.74) is 0. The van der Waals surface area contributed by atoms with Crippen molar-refractivity contribution < 1.29 is 0 Å². The predicted molar refractivity (Wildman–Crippen MR) is 60.5 cm³/mol. The molecular formula is C9H15N5S. The Morgan fingerprint density at radius 3 is 3.07 bits per heavy atom. The quantitative estimate of drug-likeness (QED) is 0.561. The summed E-state index contributed by atoms with van der Waals surface area (Å²) in [5.74, 6) is 3.14. The van der Waals surface area contributed by atoms with Crippen LogP contribution in [0.15, 0.2) is 5.16 Å². The van der Waals surface area contributed by atoms with Crippen LogP contribution in [0.1, 0.15) is 13.8 Å². The smallest absolute Gasteiger partial charge is 0.210 e. The van der Waals surface area contributed by atoms with E-state index in [2.05, 4.69) is 40.6 Å². The van der Waals surface area contributed by atoms with Crippen molar-refractivity contribution in [2.75, 3.05) is 12.3 Å². The number of terminal acetylenes is 1. The first kappa shape index (κ1) is 12.0. The molecule has 0 aliphatic rings. The number of rotatable bonds is 6. The minimum atomic E-state index is 0.475. The molecule has 5 nitrogen and oxygen atoms in total. The molecule has 15 heavy (non-hydrogen) atoms. The van der Waals surface area contributed by atoms with E-state index in [1.54, 1.807) is 4.68 Å². The highest BCUT2D eigenvalue weighted by molar-refractivity contribution is 7.99. The summed E-state index contributed by atoms with van der Waals surface area (Å²) in [6.45, 7) is 5.82. The van der Waals surface area contributed by atoms with Crippen molar-refractivity contribution in [1.29, 1.82) is 0 Å². The second-order valence-electron chi connectivity index (χ2n) is 3.29. The average Bonchev–Trinajstić information content (AvgIpc) is 2.62. The lowest BCUT2D eigenvalue weighted by molar-refractivity contribution is 0.485. The van der Waals surface area contributed by atoms with Crippen molar-refractivity contribution in [2.24, 2.45) is 0 Å². The zero-order valence-electron chi connectivity index (χ0n) is 8.97. The Hall–Kier alpha value is -1.06. The Morgan fingerprint density at radius 2 is 2.40 bits per heavy atom. The molecule has 0 saturated carbocycles. The molecule has 0 atom stereocenters. The predicted octanol–water partition coefficient (Wildman–Crippen LogP) is 0.396. The summed E-state index contributed by atoms with van der Waals surface area (Å²) < 4.78 is 1.76. The van der Waals surface area contributed by atoms with E-state index in [1.807, 2.05) is 0 Å². The van der Waals surface area contributed by atoms with Crippen molar-refractivity contribution >= 4 is 11.8 Å². The number of hydrogen-bond acceptors (Lipinski definition) is 5. The molecule has 1 aromatic heterocycles. The average molecular weight is 225 g/mol. The van der Waals surface area contributed by atoms with Gasteiger partial charge in [-0.15, -0.1) is 11.5 Å². The third-order valence-electron chi connectivity index (χ3n) is 1.66. The Bertz CT molecular complexity index is 327. The first-order chi connectivity index (χ1) is 7.24. The fraction of sp³-hybridized carbons (Fsp3) is 0.667. The summed E-state index contributed by atoms with van der Waals surface area (Å²) in [6.07, 6.45) is 5.17. The van der Waals surface area contributed by atoms with Gasteiger partial charge in [-0.05, 0) is 10.4 Å². The van der Waals surface area contributed by atoms with Gasteiger partial charge < -0.3 is 5.32 Å². The lowest BCUT2D eigenvalue weighted by Crippen LogP contribution is -2.27. The summed E-state index contributed by atoms with van der Waals surface area (Å²) in [5, 5.41) is 15.5. The van der Waals surface area contributed by atoms with Crippen LogP contribution in [-0.2, 0) is 6.54 Å². The zero-order valence-corrected chi connectivity index (χ0v) is 9.79. The van der Waals surface area contributed by atoms with E-state index in [0.29, 0.717) is 11.8 Å². The van der Waals surface area contributed by atoms with Crippen LogP contribution in [0.3, 0.4) is 0 Å². The molecular weight excluding hydrogens is 210 g/mol. The highest BCUT2D eigenvalue weighted by Crippen LogP contribution is 2.11. The van der Waals surface area contributed by atoms with Gasteiger partial charge in [-0.3, -0.25) is 0 Å². The molecule has 1 rings (SSSR count). The van der Waals surface area contributed by atoms with Gasteiger partial charge in [-0.2, -0.15) is 0 Å². The molecule has 1 aromatic rings. The van der Waals surface area contributed by atoms with Gasteiger partial charge in [0.1, 0.15) is 0 Å². The third kappa shape index (κ3) is 4.32. The summed E-state index contributed by atoms with van der Waals surface area (Å²) in [7, 11) is 0. The number of nitrogens with zero attached hydrogens (tertiary/aromatic N) is 4. The van der Waals surface area contributed by atoms with E-state index in [4.69, 9.17) is 6.42 Å². The highest BCUT2D eigenvalue weighted by atomic mass is 32.2. The van der Waals surface area contributed by atoms with Crippen LogP contribution >= 0.6 is 11.8 Å². The van der Waals surface area contributed by atoms with Crippen molar-refractivity contribution in [3.8, 4) is 12.3 Å². The Morgan fingerprint density at radius 1 is 1.60 bits per heavy atom. The minimum absolute atomic E-state index is 0.475.